The van der Waals surface area contributed by atoms with E-state index in [-0.39, 0.29) is 6.10 Å². The second kappa shape index (κ2) is 3.85. The van der Waals surface area contributed by atoms with Crippen molar-refractivity contribution in [3.8, 4) is 0 Å². The van der Waals surface area contributed by atoms with Crippen molar-refractivity contribution in [3.63, 3.8) is 0 Å². The van der Waals surface area contributed by atoms with Gasteiger partial charge in [0.2, 0.25) is 0 Å². The van der Waals surface area contributed by atoms with Crippen LogP contribution in [-0.4, -0.2) is 23.8 Å². The molecule has 2 N–H and O–H groups in total. The minimum absolute atomic E-state index is 0.0103. The summed E-state index contributed by atoms with van der Waals surface area (Å²) in [5, 5.41) is 10.5. The van der Waals surface area contributed by atoms with Gasteiger partial charge in [0.1, 0.15) is 6.10 Å². The molecule has 1 atom stereocenters. The van der Waals surface area contributed by atoms with E-state index < -0.39 is 6.09 Å². The third kappa shape index (κ3) is 2.93. The highest BCUT2D eigenvalue weighted by Crippen LogP contribution is 2.08. The summed E-state index contributed by atoms with van der Waals surface area (Å²) in [6, 6.07) is 0. The Labute approximate surface area is 64.9 Å². The Morgan fingerprint density at radius 1 is 1.82 bits per heavy atom. The lowest BCUT2D eigenvalue weighted by atomic mass is 10.1. The van der Waals surface area contributed by atoms with E-state index >= 15 is 0 Å². The first-order valence-corrected chi connectivity index (χ1v) is 3.56. The molecule has 62 valence electrons. The van der Waals surface area contributed by atoms with Crippen LogP contribution in [0.5, 0.6) is 0 Å². The highest BCUT2D eigenvalue weighted by molar-refractivity contribution is 5.64. The van der Waals surface area contributed by atoms with Gasteiger partial charge in [0, 0.05) is 0 Å². The molecule has 1 aliphatic heterocycles. The third-order valence-corrected chi connectivity index (χ3v) is 1.50. The Balaban J connectivity index is 2.16. The van der Waals surface area contributed by atoms with E-state index in [1.165, 1.54) is 0 Å². The maximum absolute atomic E-state index is 10.1. The molecule has 4 heteroatoms. The standard InChI is InChI=1S/C7H11NO3/c9-7(10)8-5-6-3-1-2-4-11-6/h2,4,6,8H,1,3,5H2,(H,9,10). The number of allylic oxidation sites excluding steroid dienone is 1. The summed E-state index contributed by atoms with van der Waals surface area (Å²) >= 11 is 0. The zero-order valence-electron chi connectivity index (χ0n) is 6.12. The molecule has 0 aromatic carbocycles. The number of nitrogens with one attached hydrogen (secondary N) is 1. The average molecular weight is 157 g/mol. The molecule has 4 nitrogen and oxygen atoms in total. The van der Waals surface area contributed by atoms with Gasteiger partial charge < -0.3 is 15.2 Å². The van der Waals surface area contributed by atoms with Crippen LogP contribution in [0.15, 0.2) is 12.3 Å². The van der Waals surface area contributed by atoms with Gasteiger partial charge in [-0.1, -0.05) is 0 Å². The molecule has 0 spiro atoms. The summed E-state index contributed by atoms with van der Waals surface area (Å²) in [5.74, 6) is 0. The van der Waals surface area contributed by atoms with E-state index in [1.54, 1.807) is 6.26 Å². The second-order valence-corrected chi connectivity index (χ2v) is 2.39. The van der Waals surface area contributed by atoms with Crippen LogP contribution in [0.1, 0.15) is 12.8 Å². The van der Waals surface area contributed by atoms with Gasteiger partial charge in [0.05, 0.1) is 12.8 Å². The van der Waals surface area contributed by atoms with Crippen LogP contribution in [0.4, 0.5) is 4.79 Å². The van der Waals surface area contributed by atoms with Gasteiger partial charge in [-0.3, -0.25) is 0 Å². The fourth-order valence-electron chi connectivity index (χ4n) is 0.936. The maximum Gasteiger partial charge on any atom is 0.404 e. The minimum Gasteiger partial charge on any atom is -0.497 e. The third-order valence-electron chi connectivity index (χ3n) is 1.50. The Morgan fingerprint density at radius 2 is 2.64 bits per heavy atom. The maximum atomic E-state index is 10.1. The Morgan fingerprint density at radius 3 is 3.18 bits per heavy atom. The predicted octanol–water partition coefficient (Wildman–Crippen LogP) is 0.947. The number of hydrogen-bond acceptors (Lipinski definition) is 2. The second-order valence-electron chi connectivity index (χ2n) is 2.39. The van der Waals surface area contributed by atoms with Crippen LogP contribution in [0.3, 0.4) is 0 Å². The zero-order chi connectivity index (χ0) is 8.10. The molecule has 1 aliphatic rings. The smallest absolute Gasteiger partial charge is 0.404 e. The lowest BCUT2D eigenvalue weighted by Crippen LogP contribution is -2.32. The highest BCUT2D eigenvalue weighted by atomic mass is 16.5. The summed E-state index contributed by atoms with van der Waals surface area (Å²) in [6.07, 6.45) is 4.41. The fraction of sp³-hybridized carbons (Fsp3) is 0.571. The highest BCUT2D eigenvalue weighted by Gasteiger charge is 2.10. The summed E-state index contributed by atoms with van der Waals surface area (Å²) in [5.41, 5.74) is 0. The molecule has 0 aliphatic carbocycles. The molecule has 0 aromatic rings. The van der Waals surface area contributed by atoms with E-state index in [4.69, 9.17) is 9.84 Å². The monoisotopic (exact) mass is 157 g/mol. The minimum atomic E-state index is -0.997. The van der Waals surface area contributed by atoms with Crippen molar-refractivity contribution < 1.29 is 14.6 Å². The van der Waals surface area contributed by atoms with Gasteiger partial charge in [-0.15, -0.1) is 0 Å². The van der Waals surface area contributed by atoms with E-state index in [1.807, 2.05) is 6.08 Å². The molecule has 11 heavy (non-hydrogen) atoms. The SMILES string of the molecule is O=C(O)NCC1CCC=CO1. The predicted molar refractivity (Wildman–Crippen MR) is 39.3 cm³/mol. The van der Waals surface area contributed by atoms with Crippen molar-refractivity contribution in [3.05, 3.63) is 12.3 Å². The van der Waals surface area contributed by atoms with Crippen LogP contribution in [0, 0.1) is 0 Å². The molecule has 1 heterocycles. The molecule has 0 fully saturated rings. The first-order valence-electron chi connectivity index (χ1n) is 3.56. The van der Waals surface area contributed by atoms with E-state index in [2.05, 4.69) is 5.32 Å². The van der Waals surface area contributed by atoms with Crippen molar-refractivity contribution in [1.82, 2.24) is 5.32 Å². The molecule has 0 saturated carbocycles. The molecular formula is C7H11NO3. The van der Waals surface area contributed by atoms with Crippen LogP contribution in [-0.2, 0) is 4.74 Å². The molecule has 1 amide bonds. The van der Waals surface area contributed by atoms with E-state index in [9.17, 15) is 4.79 Å². The van der Waals surface area contributed by atoms with Gasteiger partial charge in [-0.25, -0.2) is 4.79 Å². The first kappa shape index (κ1) is 7.91. The first-order chi connectivity index (χ1) is 5.29. The number of carbonyl (C=O) groups is 1. The van der Waals surface area contributed by atoms with Gasteiger partial charge in [0.25, 0.3) is 0 Å². The lowest BCUT2D eigenvalue weighted by Gasteiger charge is -2.18. The molecule has 0 saturated heterocycles. The number of rotatable bonds is 2. The van der Waals surface area contributed by atoms with E-state index in [0.29, 0.717) is 6.54 Å². The summed E-state index contributed by atoms with van der Waals surface area (Å²) in [7, 11) is 0. The van der Waals surface area contributed by atoms with Crippen molar-refractivity contribution in [2.24, 2.45) is 0 Å². The molecular weight excluding hydrogens is 146 g/mol. The Bertz CT molecular complexity index is 167. The number of amides is 1. The zero-order valence-corrected chi connectivity index (χ0v) is 6.12. The Kier molecular flexibility index (Phi) is 2.77. The summed E-state index contributed by atoms with van der Waals surface area (Å²) < 4.78 is 5.12. The molecule has 0 bridgehead atoms. The summed E-state index contributed by atoms with van der Waals surface area (Å²) in [4.78, 5) is 10.1. The number of hydrogen-bond donors (Lipinski definition) is 2. The quantitative estimate of drug-likeness (QED) is 0.627. The lowest BCUT2D eigenvalue weighted by molar-refractivity contribution is 0.119. The van der Waals surface area contributed by atoms with Crippen molar-refractivity contribution in [2.45, 2.75) is 18.9 Å². The molecule has 1 rings (SSSR count). The van der Waals surface area contributed by atoms with Gasteiger partial charge >= 0.3 is 6.09 Å². The van der Waals surface area contributed by atoms with Crippen molar-refractivity contribution in [2.75, 3.05) is 6.54 Å². The van der Waals surface area contributed by atoms with Gasteiger partial charge in [-0.2, -0.15) is 0 Å². The van der Waals surface area contributed by atoms with Crippen LogP contribution >= 0.6 is 0 Å². The van der Waals surface area contributed by atoms with Gasteiger partial charge in [0.15, 0.2) is 0 Å². The van der Waals surface area contributed by atoms with Crippen LogP contribution < -0.4 is 5.32 Å². The molecule has 1 unspecified atom stereocenters. The average Bonchev–Trinajstić information content (AvgIpc) is 2.03. The van der Waals surface area contributed by atoms with Gasteiger partial charge in [-0.05, 0) is 18.9 Å². The number of carboxylic acid groups (broad SMARTS) is 1. The molecule has 0 aromatic heterocycles. The number of ether oxygens (including phenoxy) is 1. The molecule has 0 radical (unpaired) electrons. The summed E-state index contributed by atoms with van der Waals surface area (Å²) in [6.45, 7) is 0.375. The van der Waals surface area contributed by atoms with Crippen molar-refractivity contribution in [1.29, 1.82) is 0 Å². The van der Waals surface area contributed by atoms with Crippen LogP contribution in [0.2, 0.25) is 0 Å². The normalized spacial score (nSPS) is 22.4. The fourth-order valence-corrected chi connectivity index (χ4v) is 0.936. The Hall–Kier alpha value is -1.19. The van der Waals surface area contributed by atoms with E-state index in [0.717, 1.165) is 12.8 Å². The van der Waals surface area contributed by atoms with Crippen LogP contribution in [0.25, 0.3) is 0 Å². The topological polar surface area (TPSA) is 58.6 Å². The largest absolute Gasteiger partial charge is 0.497 e. The van der Waals surface area contributed by atoms with Crippen molar-refractivity contribution >= 4 is 6.09 Å².